The monoisotopic (exact) mass is 510 g/mol. The number of halogens is 3. The van der Waals surface area contributed by atoms with Crippen LogP contribution in [0.4, 0.5) is 8.78 Å². The number of hydrogen-bond acceptors (Lipinski definition) is 3. The number of amides is 1. The highest BCUT2D eigenvalue weighted by atomic mass is 35.5. The van der Waals surface area contributed by atoms with Crippen molar-refractivity contribution >= 4 is 38.9 Å². The Morgan fingerprint density at radius 2 is 1.74 bits per heavy atom. The molecule has 180 valence electrons. The topological polar surface area (TPSA) is 33.2 Å². The van der Waals surface area contributed by atoms with Crippen molar-refractivity contribution < 1.29 is 13.6 Å². The van der Waals surface area contributed by atoms with Crippen LogP contribution in [0.3, 0.4) is 0 Å². The first kappa shape index (κ1) is 23.9. The minimum atomic E-state index is -0.619. The molecule has 1 aliphatic carbocycles. The summed E-state index contributed by atoms with van der Waals surface area (Å²) in [5, 5.41) is -0.0189. The van der Waals surface area contributed by atoms with E-state index in [9.17, 15) is 13.6 Å². The molecule has 5 rings (SSSR count). The van der Waals surface area contributed by atoms with Gasteiger partial charge in [-0.25, -0.2) is 8.78 Å². The molecule has 0 aliphatic heterocycles. The van der Waals surface area contributed by atoms with E-state index in [4.69, 9.17) is 11.6 Å². The maximum absolute atomic E-state index is 14.5. The van der Waals surface area contributed by atoms with Crippen LogP contribution in [0.2, 0.25) is 5.02 Å². The molecule has 0 bridgehead atoms. The van der Waals surface area contributed by atoms with Crippen LogP contribution in [0.25, 0.3) is 21.2 Å². The van der Waals surface area contributed by atoms with Crippen LogP contribution in [0, 0.1) is 18.6 Å². The van der Waals surface area contributed by atoms with Crippen LogP contribution in [-0.2, 0) is 6.54 Å². The fraction of sp³-hybridized carbons (Fsp3) is 0.286. The van der Waals surface area contributed by atoms with E-state index in [0.717, 1.165) is 77.8 Å². The second-order valence-electron chi connectivity index (χ2n) is 9.08. The molecule has 0 atom stereocenters. The lowest BCUT2D eigenvalue weighted by Gasteiger charge is -2.35. The first-order valence-electron chi connectivity index (χ1n) is 11.8. The normalized spacial score (nSPS) is 14.4. The van der Waals surface area contributed by atoms with Crippen molar-refractivity contribution in [3.63, 3.8) is 0 Å². The summed E-state index contributed by atoms with van der Waals surface area (Å²) >= 11 is 7.44. The zero-order chi connectivity index (χ0) is 24.5. The molecular weight excluding hydrogens is 486 g/mol. The molecule has 0 spiro atoms. The SMILES string of the molecule is Cc1ccc(-c2ccncc2)cc1CN(C(=O)c1sc2c(F)ccc(F)c2c1Cl)C1CCCCC1. The fourth-order valence-corrected chi connectivity index (χ4v) is 6.38. The van der Waals surface area contributed by atoms with E-state index in [1.807, 2.05) is 24.0 Å². The molecule has 4 aromatic rings. The van der Waals surface area contributed by atoms with E-state index >= 15 is 0 Å². The van der Waals surface area contributed by atoms with Gasteiger partial charge in [0, 0.05) is 25.0 Å². The first-order chi connectivity index (χ1) is 16.9. The van der Waals surface area contributed by atoms with E-state index < -0.39 is 11.6 Å². The Morgan fingerprint density at radius 1 is 1.03 bits per heavy atom. The van der Waals surface area contributed by atoms with Gasteiger partial charge in [0.05, 0.1) is 15.1 Å². The van der Waals surface area contributed by atoms with Crippen LogP contribution in [0.1, 0.15) is 52.9 Å². The Balaban J connectivity index is 1.55. The van der Waals surface area contributed by atoms with Gasteiger partial charge in [0.15, 0.2) is 0 Å². The summed E-state index contributed by atoms with van der Waals surface area (Å²) in [6.07, 6.45) is 8.57. The van der Waals surface area contributed by atoms with Gasteiger partial charge >= 0.3 is 0 Å². The molecule has 35 heavy (non-hydrogen) atoms. The fourth-order valence-electron chi connectivity index (χ4n) is 4.87. The molecule has 7 heteroatoms. The molecule has 2 aromatic heterocycles. The molecule has 1 amide bonds. The van der Waals surface area contributed by atoms with Crippen LogP contribution >= 0.6 is 22.9 Å². The Labute approximate surface area is 212 Å². The molecule has 2 aromatic carbocycles. The summed E-state index contributed by atoms with van der Waals surface area (Å²) in [5.74, 6) is -1.46. The molecule has 0 saturated heterocycles. The number of aryl methyl sites for hydroxylation is 1. The van der Waals surface area contributed by atoms with Crippen LogP contribution in [0.5, 0.6) is 0 Å². The highest BCUT2D eigenvalue weighted by molar-refractivity contribution is 7.21. The molecular formula is C28H25ClF2N2OS. The van der Waals surface area contributed by atoms with Crippen molar-refractivity contribution in [2.45, 2.75) is 51.6 Å². The summed E-state index contributed by atoms with van der Waals surface area (Å²) in [4.78, 5) is 20.1. The third kappa shape index (κ3) is 4.69. The number of fused-ring (bicyclic) bond motifs is 1. The number of carbonyl (C=O) groups excluding carboxylic acids is 1. The van der Waals surface area contributed by atoms with E-state index in [0.29, 0.717) is 6.54 Å². The van der Waals surface area contributed by atoms with Gasteiger partial charge in [-0.2, -0.15) is 0 Å². The standard InChI is InChI=1S/C28H25ClF2N2OS/c1-17-7-8-19(18-11-13-32-14-12-18)15-20(17)16-33(21-5-3-2-4-6-21)28(34)27-25(29)24-22(30)9-10-23(31)26(24)35-27/h7-15,21H,2-6,16H2,1H3. The van der Waals surface area contributed by atoms with Crippen LogP contribution in [0.15, 0.2) is 54.9 Å². The highest BCUT2D eigenvalue weighted by Crippen LogP contribution is 2.40. The van der Waals surface area contributed by atoms with Gasteiger partial charge in [0.1, 0.15) is 16.5 Å². The summed E-state index contributed by atoms with van der Waals surface area (Å²) in [6.45, 7) is 2.44. The number of pyridine rings is 1. The summed E-state index contributed by atoms with van der Waals surface area (Å²) in [5.41, 5.74) is 4.21. The molecule has 1 fully saturated rings. The van der Waals surface area contributed by atoms with Crippen molar-refractivity contribution in [2.75, 3.05) is 0 Å². The second-order valence-corrected chi connectivity index (χ2v) is 10.5. The van der Waals surface area contributed by atoms with E-state index in [1.54, 1.807) is 12.4 Å². The zero-order valence-electron chi connectivity index (χ0n) is 19.4. The molecule has 0 radical (unpaired) electrons. The Kier molecular flexibility index (Phi) is 6.85. The molecule has 0 N–H and O–H groups in total. The lowest BCUT2D eigenvalue weighted by Crippen LogP contribution is -2.41. The summed E-state index contributed by atoms with van der Waals surface area (Å²) < 4.78 is 29.0. The lowest BCUT2D eigenvalue weighted by molar-refractivity contribution is 0.0619. The molecule has 1 saturated carbocycles. The quantitative estimate of drug-likeness (QED) is 0.271. The maximum atomic E-state index is 14.5. The number of nitrogens with zero attached hydrogens (tertiary/aromatic N) is 2. The van der Waals surface area contributed by atoms with E-state index in [2.05, 4.69) is 23.2 Å². The average Bonchev–Trinajstić information content (AvgIpc) is 3.25. The largest absolute Gasteiger partial charge is 0.331 e. The van der Waals surface area contributed by atoms with Crippen molar-refractivity contribution in [1.29, 1.82) is 0 Å². The second kappa shape index (κ2) is 10.0. The molecule has 2 heterocycles. The number of carbonyl (C=O) groups is 1. The first-order valence-corrected chi connectivity index (χ1v) is 13.0. The number of rotatable bonds is 5. The Bertz CT molecular complexity index is 1380. The average molecular weight is 511 g/mol. The predicted molar refractivity (Wildman–Crippen MR) is 138 cm³/mol. The molecule has 3 nitrogen and oxygen atoms in total. The Morgan fingerprint density at radius 3 is 2.46 bits per heavy atom. The third-order valence-electron chi connectivity index (χ3n) is 6.86. The maximum Gasteiger partial charge on any atom is 0.266 e. The minimum absolute atomic E-state index is 0.00457. The van der Waals surface area contributed by atoms with Gasteiger partial charge in [-0.3, -0.25) is 9.78 Å². The van der Waals surface area contributed by atoms with Crippen molar-refractivity contribution in [2.24, 2.45) is 0 Å². The van der Waals surface area contributed by atoms with E-state index in [1.165, 1.54) is 0 Å². The molecule has 0 unspecified atom stereocenters. The van der Waals surface area contributed by atoms with Crippen molar-refractivity contribution in [1.82, 2.24) is 9.88 Å². The smallest absolute Gasteiger partial charge is 0.266 e. The van der Waals surface area contributed by atoms with E-state index in [-0.39, 0.29) is 31.9 Å². The third-order valence-corrected chi connectivity index (χ3v) is 8.53. The minimum Gasteiger partial charge on any atom is -0.331 e. The van der Waals surface area contributed by atoms with Crippen LogP contribution < -0.4 is 0 Å². The van der Waals surface area contributed by atoms with Gasteiger partial charge in [0.25, 0.3) is 5.91 Å². The lowest BCUT2D eigenvalue weighted by atomic mass is 9.93. The molecule has 1 aliphatic rings. The van der Waals surface area contributed by atoms with Crippen molar-refractivity contribution in [3.8, 4) is 11.1 Å². The van der Waals surface area contributed by atoms with Gasteiger partial charge in [-0.1, -0.05) is 43.0 Å². The van der Waals surface area contributed by atoms with Gasteiger partial charge in [0.2, 0.25) is 0 Å². The summed E-state index contributed by atoms with van der Waals surface area (Å²) in [7, 11) is 0. The Hall–Kier alpha value is -2.83. The number of thiophene rings is 1. The van der Waals surface area contributed by atoms with Gasteiger partial charge in [-0.05, 0) is 72.4 Å². The highest BCUT2D eigenvalue weighted by Gasteiger charge is 2.31. The van der Waals surface area contributed by atoms with Crippen LogP contribution in [-0.4, -0.2) is 21.8 Å². The van der Waals surface area contributed by atoms with Crippen molar-refractivity contribution in [3.05, 3.63) is 87.5 Å². The number of benzene rings is 2. The number of aromatic nitrogens is 1. The van der Waals surface area contributed by atoms with Gasteiger partial charge < -0.3 is 4.90 Å². The predicted octanol–water partition coefficient (Wildman–Crippen LogP) is 8.18. The number of hydrogen-bond donors (Lipinski definition) is 0. The zero-order valence-corrected chi connectivity index (χ0v) is 20.9. The van der Waals surface area contributed by atoms with Gasteiger partial charge in [-0.15, -0.1) is 11.3 Å². The summed E-state index contributed by atoms with van der Waals surface area (Å²) in [6, 6.07) is 12.3.